The Labute approximate surface area is 237 Å². The fourth-order valence-electron chi connectivity index (χ4n) is 4.32. The maximum atomic E-state index is 13.4. The Hall–Kier alpha value is -1.63. The number of hydrogen-bond acceptors (Lipinski definition) is 4. The van der Waals surface area contributed by atoms with E-state index in [9.17, 15) is 4.39 Å². The van der Waals surface area contributed by atoms with E-state index in [1.54, 1.807) is 29.7 Å². The second-order valence-corrected chi connectivity index (χ2v) is 15.2. The van der Waals surface area contributed by atoms with E-state index in [0.717, 1.165) is 35.7 Å². The molecule has 0 aliphatic carbocycles. The van der Waals surface area contributed by atoms with Gasteiger partial charge in [0.1, 0.15) is 0 Å². The first-order chi connectivity index (χ1) is 17.7. The molecule has 2 N–H and O–H groups in total. The van der Waals surface area contributed by atoms with Gasteiger partial charge < -0.3 is 9.21 Å². The number of para-hydroxylation sites is 2. The van der Waals surface area contributed by atoms with Gasteiger partial charge in [-0.2, -0.15) is 6.67 Å². The van der Waals surface area contributed by atoms with E-state index in [0.29, 0.717) is 6.54 Å². The molecule has 0 unspecified atom stereocenters. The number of aromatic hydroxyl groups is 1. The zero-order valence-corrected chi connectivity index (χ0v) is 25.8. The summed E-state index contributed by atoms with van der Waals surface area (Å²) < 4.78 is 21.6. The van der Waals surface area contributed by atoms with Crippen molar-refractivity contribution in [2.45, 2.75) is 27.3 Å². The molecule has 0 spiro atoms. The first-order valence-electron chi connectivity index (χ1n) is 11.8. The molecule has 0 bridgehead atoms. The van der Waals surface area contributed by atoms with Gasteiger partial charge in [0.15, 0.2) is 0 Å². The molecule has 1 aliphatic heterocycles. The number of aryl methyl sites for hydroxylation is 3. The summed E-state index contributed by atoms with van der Waals surface area (Å²) in [6.07, 6.45) is 2.12. The van der Waals surface area contributed by atoms with Gasteiger partial charge in [0.05, 0.1) is 0 Å². The van der Waals surface area contributed by atoms with E-state index in [1.807, 2.05) is 24.3 Å². The van der Waals surface area contributed by atoms with Crippen LogP contribution in [0.2, 0.25) is 0 Å². The Morgan fingerprint density at radius 1 is 1.08 bits per heavy atom. The summed E-state index contributed by atoms with van der Waals surface area (Å²) in [6, 6.07) is 16.9. The summed E-state index contributed by atoms with van der Waals surface area (Å²) in [5.41, 5.74) is 8.09. The molecule has 3 aromatic carbocycles. The summed E-state index contributed by atoms with van der Waals surface area (Å²) >= 11 is -0.213. The number of hydrogen-bond donors (Lipinski definition) is 1. The van der Waals surface area contributed by atoms with Gasteiger partial charge in [0, 0.05) is 12.2 Å². The molecule has 37 heavy (non-hydrogen) atoms. The Kier molecular flexibility index (Phi) is 11.7. The summed E-state index contributed by atoms with van der Waals surface area (Å²) in [5.74, 6) is 0.588. The molecule has 3 aromatic rings. The third-order valence-corrected chi connectivity index (χ3v) is 8.47. The van der Waals surface area contributed by atoms with E-state index >= 15 is 0 Å². The minimum absolute atomic E-state index is 0.294. The Bertz CT molecular complexity index is 1220. The molecule has 1 fully saturated rings. The number of benzene rings is 3. The Morgan fingerprint density at radius 3 is 2.41 bits per heavy atom. The Morgan fingerprint density at radius 2 is 1.78 bits per heavy atom. The molecule has 0 aromatic heterocycles. The van der Waals surface area contributed by atoms with E-state index in [2.05, 4.69) is 65.1 Å². The van der Waals surface area contributed by atoms with Crippen molar-refractivity contribution >= 4 is 47.3 Å². The second-order valence-electron chi connectivity index (χ2n) is 8.62. The van der Waals surface area contributed by atoms with Crippen LogP contribution < -0.4 is 10.2 Å². The zero-order valence-electron chi connectivity index (χ0n) is 21.7. The molecule has 0 amide bonds. The molecule has 0 atom stereocenters. The number of anilines is 2. The number of ether oxygens (including phenoxy) is 1. The predicted octanol–water partition coefficient (Wildman–Crippen LogP) is 7.52. The number of aliphatic hydroxyl groups is 1. The standard InChI is InChI=1S/C15H14FNO.C13H19N2S.2ClH.Ru/c1-11-9-13(16)8-7-12(11)10-17-14-5-3-4-6-15(14)18-2;1-10-7-11(2)13(12(3)8-10)14-5-6-15(9-14)16-4;;;/h1,3-9,17H,10H2,2H3;7-9H,5-6H2,1-4H3;2*1H;/q;-1;;;+2/p-1. The normalized spacial score (nSPS) is 13.6. The van der Waals surface area contributed by atoms with Crippen LogP contribution in [-0.4, -0.2) is 40.1 Å². The van der Waals surface area contributed by atoms with Crippen LogP contribution in [0.4, 0.5) is 15.8 Å². The molecule has 4 nitrogen and oxygen atoms in total. The first kappa shape index (κ1) is 29.9. The summed E-state index contributed by atoms with van der Waals surface area (Å²) in [6.45, 7) is 11.5. The van der Waals surface area contributed by atoms with Gasteiger partial charge in [-0.15, -0.1) is 11.9 Å². The van der Waals surface area contributed by atoms with Crippen molar-refractivity contribution in [1.29, 1.82) is 0 Å². The molecule has 9 heteroatoms. The molecule has 0 radical (unpaired) electrons. The summed E-state index contributed by atoms with van der Waals surface area (Å²) in [4.78, 5) is 2.36. The second kappa shape index (κ2) is 14.5. The summed E-state index contributed by atoms with van der Waals surface area (Å²) in [5, 5.41) is 3.31. The SMILES string of the molecule is CSN1[CH-]N(c2c(C)cc(C)cc2C)CC1.C[OH+]c1ccccc1NCc1ccc(F)cc1[CH]=[Ru]([Cl])[Cl]. The van der Waals surface area contributed by atoms with Crippen molar-refractivity contribution in [2.24, 2.45) is 0 Å². The van der Waals surface area contributed by atoms with Crippen LogP contribution in [0.3, 0.4) is 0 Å². The van der Waals surface area contributed by atoms with Crippen molar-refractivity contribution in [3.8, 4) is 5.75 Å². The van der Waals surface area contributed by atoms with Gasteiger partial charge in [-0.1, -0.05) is 17.7 Å². The van der Waals surface area contributed by atoms with Crippen molar-refractivity contribution in [2.75, 3.05) is 36.7 Å². The van der Waals surface area contributed by atoms with Gasteiger partial charge in [0.2, 0.25) is 0 Å². The van der Waals surface area contributed by atoms with Crippen LogP contribution >= 0.6 is 31.3 Å². The number of nitrogens with one attached hydrogen (secondary N) is 1. The molecule has 1 aliphatic rings. The molecule has 4 rings (SSSR count). The fraction of sp³-hybridized carbons (Fsp3) is 0.286. The monoisotopic (exact) mass is 651 g/mol. The fourth-order valence-corrected chi connectivity index (χ4v) is 6.66. The molecular weight excluding hydrogens is 617 g/mol. The predicted molar refractivity (Wildman–Crippen MR) is 157 cm³/mol. The van der Waals surface area contributed by atoms with Crippen molar-refractivity contribution < 1.29 is 22.6 Å². The third kappa shape index (κ3) is 8.69. The van der Waals surface area contributed by atoms with Crippen LogP contribution in [0.15, 0.2) is 54.6 Å². The van der Waals surface area contributed by atoms with E-state index < -0.39 is 13.5 Å². The number of halogens is 3. The zero-order chi connectivity index (χ0) is 26.9. The van der Waals surface area contributed by atoms with E-state index in [-0.39, 0.29) is 5.82 Å². The topological polar surface area (TPSA) is 31.3 Å². The van der Waals surface area contributed by atoms with Gasteiger partial charge in [-0.25, -0.2) is 0 Å². The average Bonchev–Trinajstić information content (AvgIpc) is 3.32. The van der Waals surface area contributed by atoms with Crippen LogP contribution in [0.5, 0.6) is 5.75 Å². The quantitative estimate of drug-likeness (QED) is 0.0943. The first-order valence-corrected chi connectivity index (χ1v) is 18.4. The van der Waals surface area contributed by atoms with Crippen LogP contribution in [-0.2, 0) is 20.1 Å². The summed E-state index contributed by atoms with van der Waals surface area (Å²) in [7, 11) is 13.5. The third-order valence-electron chi connectivity index (χ3n) is 5.90. The van der Waals surface area contributed by atoms with Crippen LogP contribution in [0, 0.1) is 33.3 Å². The van der Waals surface area contributed by atoms with Crippen LogP contribution in [0.1, 0.15) is 27.8 Å². The van der Waals surface area contributed by atoms with Gasteiger partial charge >= 0.3 is 136 Å². The van der Waals surface area contributed by atoms with E-state index in [4.69, 9.17) is 19.4 Å². The van der Waals surface area contributed by atoms with E-state index in [1.165, 1.54) is 34.5 Å². The molecule has 0 saturated carbocycles. The van der Waals surface area contributed by atoms with Crippen molar-refractivity contribution in [3.63, 3.8) is 0 Å². The maximum absolute atomic E-state index is 13.4. The van der Waals surface area contributed by atoms with Crippen LogP contribution in [0.25, 0.3) is 0 Å². The molecule has 1 heterocycles. The molecular formula is C28H34Cl2FN3ORuS. The van der Waals surface area contributed by atoms with Crippen molar-refractivity contribution in [3.05, 3.63) is 94.9 Å². The van der Waals surface area contributed by atoms with Gasteiger partial charge in [-0.3, -0.25) is 0 Å². The number of nitrogens with zero attached hydrogens (tertiary/aromatic N) is 2. The molecule has 202 valence electrons. The average molecular weight is 652 g/mol. The van der Waals surface area contributed by atoms with Gasteiger partial charge in [-0.05, 0) is 44.7 Å². The Balaban J connectivity index is 0.000000213. The molecule has 1 saturated heterocycles. The number of rotatable bonds is 7. The van der Waals surface area contributed by atoms with Gasteiger partial charge in [0.25, 0.3) is 0 Å². The van der Waals surface area contributed by atoms with Crippen molar-refractivity contribution in [1.82, 2.24) is 4.31 Å². The minimum atomic E-state index is -1.99.